The molecule has 6 heteroatoms. The second-order valence-electron chi connectivity index (χ2n) is 6.45. The summed E-state index contributed by atoms with van der Waals surface area (Å²) >= 11 is 0. The molecule has 2 aliphatic rings. The molecule has 2 atom stereocenters. The standard InChI is InChI=1S/C19H14O6/c1-9(20)15-7-12-14(24-15)5-4-13-17(12)25-18-11-3-2-10(21)6-16(11)23-8-19(13,18)22/h2-7,18,21-22H,8H2,1H3/t18-,19+/m1/s1. The molecule has 0 fully saturated rings. The molecule has 25 heavy (non-hydrogen) atoms. The molecule has 2 aromatic carbocycles. The Morgan fingerprint density at radius 2 is 2.08 bits per heavy atom. The molecular formula is C19H14O6. The van der Waals surface area contributed by atoms with Crippen LogP contribution in [0.1, 0.15) is 34.7 Å². The lowest BCUT2D eigenvalue weighted by atomic mass is 9.84. The van der Waals surface area contributed by atoms with Gasteiger partial charge in [-0.2, -0.15) is 0 Å². The van der Waals surface area contributed by atoms with Gasteiger partial charge in [-0.05, 0) is 30.3 Å². The molecule has 3 heterocycles. The van der Waals surface area contributed by atoms with Crippen LogP contribution in [0.4, 0.5) is 0 Å². The monoisotopic (exact) mass is 338 g/mol. The van der Waals surface area contributed by atoms with Crippen LogP contribution in [0, 0.1) is 0 Å². The lowest BCUT2D eigenvalue weighted by Crippen LogP contribution is -2.41. The van der Waals surface area contributed by atoms with Crippen LogP contribution in [0.5, 0.6) is 17.2 Å². The Morgan fingerprint density at radius 3 is 2.88 bits per heavy atom. The summed E-state index contributed by atoms with van der Waals surface area (Å²) in [4.78, 5) is 11.6. The number of phenolic OH excluding ortho intramolecular Hbond substituents is 1. The van der Waals surface area contributed by atoms with Crippen molar-refractivity contribution in [1.82, 2.24) is 0 Å². The molecule has 0 amide bonds. The van der Waals surface area contributed by atoms with Gasteiger partial charge in [-0.25, -0.2) is 0 Å². The molecule has 0 bridgehead atoms. The molecule has 126 valence electrons. The number of furan rings is 1. The third-order valence-electron chi connectivity index (χ3n) is 4.86. The number of Topliss-reactive ketones (excluding diaryl/α,β-unsaturated/α-hetero) is 1. The summed E-state index contributed by atoms with van der Waals surface area (Å²) < 4.78 is 17.3. The number of carbonyl (C=O) groups excluding carboxylic acids is 1. The Hall–Kier alpha value is -2.99. The Bertz CT molecular complexity index is 1050. The van der Waals surface area contributed by atoms with Gasteiger partial charge >= 0.3 is 0 Å². The highest BCUT2D eigenvalue weighted by Gasteiger charge is 2.53. The number of phenols is 1. The van der Waals surface area contributed by atoms with E-state index >= 15 is 0 Å². The zero-order valence-corrected chi connectivity index (χ0v) is 13.3. The number of benzene rings is 2. The Labute approximate surface area is 142 Å². The smallest absolute Gasteiger partial charge is 0.194 e. The molecule has 2 aliphatic heterocycles. The lowest BCUT2D eigenvalue weighted by molar-refractivity contribution is -0.0862. The van der Waals surface area contributed by atoms with Crippen molar-refractivity contribution in [3.05, 3.63) is 53.3 Å². The first kappa shape index (κ1) is 14.4. The van der Waals surface area contributed by atoms with Crippen molar-refractivity contribution in [2.75, 3.05) is 6.61 Å². The SMILES string of the molecule is CC(=O)c1cc2c3c(ccc2o1)[C@@]1(O)COc2cc(O)ccc2[C@H]1O3. The summed E-state index contributed by atoms with van der Waals surface area (Å²) in [6.07, 6.45) is -0.659. The van der Waals surface area contributed by atoms with Crippen molar-refractivity contribution in [2.24, 2.45) is 0 Å². The van der Waals surface area contributed by atoms with Gasteiger partial charge in [-0.3, -0.25) is 4.79 Å². The van der Waals surface area contributed by atoms with Crippen LogP contribution in [-0.2, 0) is 5.60 Å². The van der Waals surface area contributed by atoms with E-state index in [1.807, 2.05) is 0 Å². The predicted octanol–water partition coefficient (Wildman–Crippen LogP) is 3.05. The minimum atomic E-state index is -1.35. The molecular weight excluding hydrogens is 324 g/mol. The van der Waals surface area contributed by atoms with Gasteiger partial charge in [0, 0.05) is 24.1 Å². The van der Waals surface area contributed by atoms with Crippen molar-refractivity contribution >= 4 is 16.8 Å². The van der Waals surface area contributed by atoms with E-state index in [2.05, 4.69) is 0 Å². The van der Waals surface area contributed by atoms with Crippen LogP contribution < -0.4 is 9.47 Å². The zero-order chi connectivity index (χ0) is 17.3. The fourth-order valence-corrected chi connectivity index (χ4v) is 3.61. The maximum absolute atomic E-state index is 11.6. The number of ketones is 1. The Kier molecular flexibility index (Phi) is 2.61. The first-order valence-corrected chi connectivity index (χ1v) is 7.90. The van der Waals surface area contributed by atoms with Crippen LogP contribution in [0.15, 0.2) is 40.8 Å². The Morgan fingerprint density at radius 1 is 1.24 bits per heavy atom. The van der Waals surface area contributed by atoms with Crippen molar-refractivity contribution in [3.8, 4) is 17.2 Å². The second kappa shape index (κ2) is 4.55. The highest BCUT2D eigenvalue weighted by molar-refractivity contribution is 5.98. The predicted molar refractivity (Wildman–Crippen MR) is 87.1 cm³/mol. The van der Waals surface area contributed by atoms with E-state index in [0.29, 0.717) is 33.6 Å². The third-order valence-corrected chi connectivity index (χ3v) is 4.86. The number of aromatic hydroxyl groups is 1. The summed E-state index contributed by atoms with van der Waals surface area (Å²) in [5.41, 5.74) is 0.435. The highest BCUT2D eigenvalue weighted by atomic mass is 16.5. The number of aliphatic hydroxyl groups is 1. The van der Waals surface area contributed by atoms with Crippen LogP contribution in [-0.4, -0.2) is 22.6 Å². The number of hydrogen-bond acceptors (Lipinski definition) is 6. The molecule has 3 aromatic rings. The number of rotatable bonds is 1. The van der Waals surface area contributed by atoms with Crippen molar-refractivity contribution in [3.63, 3.8) is 0 Å². The lowest BCUT2D eigenvalue weighted by Gasteiger charge is -2.34. The average molecular weight is 338 g/mol. The summed E-state index contributed by atoms with van der Waals surface area (Å²) in [7, 11) is 0. The van der Waals surface area contributed by atoms with E-state index in [9.17, 15) is 15.0 Å². The van der Waals surface area contributed by atoms with Crippen molar-refractivity contribution < 1.29 is 28.9 Å². The summed E-state index contributed by atoms with van der Waals surface area (Å²) in [6, 6.07) is 9.80. The van der Waals surface area contributed by atoms with Crippen LogP contribution in [0.3, 0.4) is 0 Å². The van der Waals surface area contributed by atoms with Crippen molar-refractivity contribution in [1.29, 1.82) is 0 Å². The summed E-state index contributed by atoms with van der Waals surface area (Å²) in [6.45, 7) is 1.44. The van der Waals surface area contributed by atoms with Gasteiger partial charge in [0.2, 0.25) is 0 Å². The van der Waals surface area contributed by atoms with E-state index in [1.165, 1.54) is 19.1 Å². The molecule has 1 aromatic heterocycles. The summed E-state index contributed by atoms with van der Waals surface area (Å²) in [5.74, 6) is 1.13. The molecule has 0 aliphatic carbocycles. The number of fused-ring (bicyclic) bond motifs is 7. The van der Waals surface area contributed by atoms with Gasteiger partial charge < -0.3 is 24.1 Å². The minimum absolute atomic E-state index is 0.00401. The van der Waals surface area contributed by atoms with Gasteiger partial charge in [-0.1, -0.05) is 0 Å². The molecule has 0 radical (unpaired) electrons. The van der Waals surface area contributed by atoms with E-state index in [1.54, 1.807) is 24.3 Å². The molecule has 0 unspecified atom stereocenters. The van der Waals surface area contributed by atoms with Crippen LogP contribution in [0.2, 0.25) is 0 Å². The van der Waals surface area contributed by atoms with E-state index in [0.717, 1.165) is 0 Å². The second-order valence-corrected chi connectivity index (χ2v) is 6.45. The zero-order valence-electron chi connectivity index (χ0n) is 13.3. The van der Waals surface area contributed by atoms with E-state index in [4.69, 9.17) is 13.9 Å². The number of ether oxygens (including phenoxy) is 2. The number of carbonyl (C=O) groups is 1. The molecule has 6 nitrogen and oxygen atoms in total. The molecule has 0 saturated heterocycles. The fourth-order valence-electron chi connectivity index (χ4n) is 3.61. The molecule has 0 saturated carbocycles. The molecule has 2 N–H and O–H groups in total. The van der Waals surface area contributed by atoms with E-state index < -0.39 is 11.7 Å². The minimum Gasteiger partial charge on any atom is -0.508 e. The van der Waals surface area contributed by atoms with Gasteiger partial charge in [0.25, 0.3) is 0 Å². The van der Waals surface area contributed by atoms with Crippen molar-refractivity contribution in [2.45, 2.75) is 18.6 Å². The fraction of sp³-hybridized carbons (Fsp3) is 0.211. The maximum atomic E-state index is 11.6. The topological polar surface area (TPSA) is 89.1 Å². The molecule has 5 rings (SSSR count). The van der Waals surface area contributed by atoms with Crippen LogP contribution >= 0.6 is 0 Å². The number of hydrogen-bond donors (Lipinski definition) is 2. The Balaban J connectivity index is 1.71. The quantitative estimate of drug-likeness (QED) is 0.663. The third kappa shape index (κ3) is 1.80. The van der Waals surface area contributed by atoms with Crippen LogP contribution in [0.25, 0.3) is 11.0 Å². The first-order chi connectivity index (χ1) is 12.0. The maximum Gasteiger partial charge on any atom is 0.194 e. The average Bonchev–Trinajstić information content (AvgIpc) is 3.14. The normalized spacial score (nSPS) is 23.4. The first-order valence-electron chi connectivity index (χ1n) is 7.90. The summed E-state index contributed by atoms with van der Waals surface area (Å²) in [5, 5.41) is 21.5. The van der Waals surface area contributed by atoms with Gasteiger partial charge in [0.15, 0.2) is 23.2 Å². The van der Waals surface area contributed by atoms with Gasteiger partial charge in [-0.15, -0.1) is 0 Å². The van der Waals surface area contributed by atoms with Gasteiger partial charge in [0.1, 0.15) is 29.4 Å². The molecule has 0 spiro atoms. The highest BCUT2D eigenvalue weighted by Crippen LogP contribution is 2.55. The largest absolute Gasteiger partial charge is 0.508 e. The van der Waals surface area contributed by atoms with E-state index in [-0.39, 0.29) is 23.9 Å². The van der Waals surface area contributed by atoms with Gasteiger partial charge in [0.05, 0.1) is 5.39 Å².